The van der Waals surface area contributed by atoms with Crippen LogP contribution >= 0.6 is 0 Å². The van der Waals surface area contributed by atoms with Crippen molar-refractivity contribution in [3.05, 3.63) is 51.4 Å². The summed E-state index contributed by atoms with van der Waals surface area (Å²) < 4.78 is 0. The SMILES string of the molecule is Cc1cccc(N2CC(c3cc(=O)[nH]c(N4CCC(C)CC4)n3)CC2=O)c1C. The number of aromatic amines is 1. The van der Waals surface area contributed by atoms with E-state index < -0.39 is 0 Å². The molecule has 4 rings (SSSR count). The zero-order valence-electron chi connectivity index (χ0n) is 16.9. The highest BCUT2D eigenvalue weighted by molar-refractivity contribution is 5.97. The van der Waals surface area contributed by atoms with E-state index in [0.717, 1.165) is 42.9 Å². The molecule has 0 radical (unpaired) electrons. The largest absolute Gasteiger partial charge is 0.342 e. The first-order valence-electron chi connectivity index (χ1n) is 10.1. The smallest absolute Gasteiger partial charge is 0.252 e. The Bertz CT molecular complexity index is 944. The molecule has 2 aliphatic rings. The number of nitrogens with one attached hydrogen (secondary N) is 1. The first kappa shape index (κ1) is 18.7. The number of rotatable bonds is 3. The van der Waals surface area contributed by atoms with Gasteiger partial charge in [0, 0.05) is 43.7 Å². The van der Waals surface area contributed by atoms with Gasteiger partial charge in [0.25, 0.3) is 5.56 Å². The van der Waals surface area contributed by atoms with Gasteiger partial charge in [-0.2, -0.15) is 0 Å². The van der Waals surface area contributed by atoms with Gasteiger partial charge in [-0.05, 0) is 49.8 Å². The third kappa shape index (κ3) is 3.55. The van der Waals surface area contributed by atoms with Crippen LogP contribution in [0.25, 0.3) is 0 Å². The van der Waals surface area contributed by atoms with Crippen molar-refractivity contribution in [3.63, 3.8) is 0 Å². The number of hydrogen-bond donors (Lipinski definition) is 1. The van der Waals surface area contributed by atoms with Gasteiger partial charge in [-0.15, -0.1) is 0 Å². The van der Waals surface area contributed by atoms with Crippen LogP contribution in [-0.2, 0) is 4.79 Å². The molecule has 0 aliphatic carbocycles. The average Bonchev–Trinajstić information content (AvgIpc) is 3.06. The molecule has 1 unspecified atom stereocenters. The fourth-order valence-corrected chi connectivity index (χ4v) is 4.21. The van der Waals surface area contributed by atoms with Crippen molar-refractivity contribution in [2.24, 2.45) is 5.92 Å². The fourth-order valence-electron chi connectivity index (χ4n) is 4.21. The minimum atomic E-state index is -0.142. The van der Waals surface area contributed by atoms with Crippen LogP contribution in [0.4, 0.5) is 11.6 Å². The summed E-state index contributed by atoms with van der Waals surface area (Å²) >= 11 is 0. The maximum atomic E-state index is 12.7. The molecule has 1 aromatic heterocycles. The summed E-state index contributed by atoms with van der Waals surface area (Å²) in [6.07, 6.45) is 2.60. The van der Waals surface area contributed by atoms with Gasteiger partial charge in [0.05, 0.1) is 5.69 Å². The van der Waals surface area contributed by atoms with Crippen molar-refractivity contribution in [1.29, 1.82) is 0 Å². The number of piperidine rings is 1. The van der Waals surface area contributed by atoms with E-state index in [1.807, 2.05) is 24.0 Å². The number of hydrogen-bond acceptors (Lipinski definition) is 4. The normalized spacial score (nSPS) is 20.8. The van der Waals surface area contributed by atoms with Gasteiger partial charge in [-0.3, -0.25) is 14.6 Å². The van der Waals surface area contributed by atoms with Crippen LogP contribution in [0, 0.1) is 19.8 Å². The van der Waals surface area contributed by atoms with E-state index in [4.69, 9.17) is 4.98 Å². The second-order valence-corrected chi connectivity index (χ2v) is 8.29. The van der Waals surface area contributed by atoms with Crippen LogP contribution in [0.3, 0.4) is 0 Å². The minimum absolute atomic E-state index is 0.0582. The first-order valence-corrected chi connectivity index (χ1v) is 10.1. The third-order valence-corrected chi connectivity index (χ3v) is 6.24. The number of amides is 1. The van der Waals surface area contributed by atoms with Gasteiger partial charge in [0.2, 0.25) is 11.9 Å². The molecule has 6 heteroatoms. The molecule has 2 fully saturated rings. The molecule has 2 aliphatic heterocycles. The van der Waals surface area contributed by atoms with Gasteiger partial charge >= 0.3 is 0 Å². The van der Waals surface area contributed by atoms with E-state index in [9.17, 15) is 9.59 Å². The summed E-state index contributed by atoms with van der Waals surface area (Å²) in [5.41, 5.74) is 3.83. The molecule has 2 saturated heterocycles. The predicted octanol–water partition coefficient (Wildman–Crippen LogP) is 3.14. The van der Waals surface area contributed by atoms with Gasteiger partial charge in [-0.25, -0.2) is 4.98 Å². The van der Waals surface area contributed by atoms with Crippen molar-refractivity contribution >= 4 is 17.5 Å². The van der Waals surface area contributed by atoms with Crippen molar-refractivity contribution in [1.82, 2.24) is 9.97 Å². The van der Waals surface area contributed by atoms with E-state index in [-0.39, 0.29) is 17.4 Å². The van der Waals surface area contributed by atoms with Gasteiger partial charge in [-0.1, -0.05) is 19.1 Å². The fraction of sp³-hybridized carbons (Fsp3) is 0.500. The van der Waals surface area contributed by atoms with E-state index >= 15 is 0 Å². The highest BCUT2D eigenvalue weighted by Gasteiger charge is 2.34. The topological polar surface area (TPSA) is 69.3 Å². The zero-order chi connectivity index (χ0) is 19.8. The van der Waals surface area contributed by atoms with Gasteiger partial charge in [0.15, 0.2) is 0 Å². The molecule has 2 aromatic rings. The summed E-state index contributed by atoms with van der Waals surface area (Å²) in [4.78, 5) is 36.7. The molecule has 0 saturated carbocycles. The van der Waals surface area contributed by atoms with Crippen LogP contribution in [-0.4, -0.2) is 35.5 Å². The second kappa shape index (κ2) is 7.41. The number of carbonyl (C=O) groups is 1. The molecule has 3 heterocycles. The summed E-state index contributed by atoms with van der Waals surface area (Å²) in [7, 11) is 0. The first-order chi connectivity index (χ1) is 13.4. The monoisotopic (exact) mass is 380 g/mol. The Morgan fingerprint density at radius 1 is 1.14 bits per heavy atom. The van der Waals surface area contributed by atoms with E-state index in [1.54, 1.807) is 6.07 Å². The molecular weight excluding hydrogens is 352 g/mol. The molecule has 1 amide bonds. The maximum absolute atomic E-state index is 12.7. The van der Waals surface area contributed by atoms with Crippen LogP contribution in [0.1, 0.15) is 48.9 Å². The van der Waals surface area contributed by atoms with E-state index in [1.165, 1.54) is 5.56 Å². The molecule has 0 spiro atoms. The molecule has 148 valence electrons. The second-order valence-electron chi connectivity index (χ2n) is 8.29. The summed E-state index contributed by atoms with van der Waals surface area (Å²) in [6.45, 7) is 8.75. The Labute approximate surface area is 165 Å². The molecule has 0 bridgehead atoms. The minimum Gasteiger partial charge on any atom is -0.342 e. The number of carbonyl (C=O) groups excluding carboxylic acids is 1. The number of anilines is 2. The highest BCUT2D eigenvalue weighted by atomic mass is 16.2. The Morgan fingerprint density at radius 2 is 1.89 bits per heavy atom. The van der Waals surface area contributed by atoms with Crippen molar-refractivity contribution in [3.8, 4) is 0 Å². The number of benzene rings is 1. The van der Waals surface area contributed by atoms with E-state index in [2.05, 4.69) is 29.8 Å². The average molecular weight is 380 g/mol. The molecular formula is C22H28N4O2. The Morgan fingerprint density at radius 3 is 2.64 bits per heavy atom. The van der Waals surface area contributed by atoms with Crippen LogP contribution < -0.4 is 15.4 Å². The summed E-state index contributed by atoms with van der Waals surface area (Å²) in [5.74, 6) is 1.39. The molecule has 1 N–H and O–H groups in total. The van der Waals surface area contributed by atoms with E-state index in [0.29, 0.717) is 24.8 Å². The van der Waals surface area contributed by atoms with Crippen LogP contribution in [0.2, 0.25) is 0 Å². The molecule has 1 atom stereocenters. The maximum Gasteiger partial charge on any atom is 0.252 e. The Balaban J connectivity index is 1.59. The Hall–Kier alpha value is -2.63. The molecule has 6 nitrogen and oxygen atoms in total. The lowest BCUT2D eigenvalue weighted by Gasteiger charge is -2.30. The molecule has 28 heavy (non-hydrogen) atoms. The van der Waals surface area contributed by atoms with Gasteiger partial charge in [0.1, 0.15) is 0 Å². The van der Waals surface area contributed by atoms with Crippen molar-refractivity contribution in [2.75, 3.05) is 29.4 Å². The van der Waals surface area contributed by atoms with Crippen molar-refractivity contribution < 1.29 is 4.79 Å². The lowest BCUT2D eigenvalue weighted by Crippen LogP contribution is -2.35. The number of aryl methyl sites for hydroxylation is 1. The standard InChI is InChI=1S/C22H28N4O2/c1-14-7-9-25(10-8-14)22-23-18(12-20(27)24-22)17-11-21(28)26(13-17)19-6-4-5-15(2)16(19)3/h4-6,12,14,17H,7-11,13H2,1-3H3,(H,23,24,27). The number of nitrogens with zero attached hydrogens (tertiary/aromatic N) is 3. The number of H-pyrrole nitrogens is 1. The lowest BCUT2D eigenvalue weighted by atomic mass is 9.99. The zero-order valence-corrected chi connectivity index (χ0v) is 16.9. The number of aromatic nitrogens is 2. The highest BCUT2D eigenvalue weighted by Crippen LogP contribution is 2.33. The summed E-state index contributed by atoms with van der Waals surface area (Å²) in [5, 5.41) is 0. The third-order valence-electron chi connectivity index (χ3n) is 6.24. The quantitative estimate of drug-likeness (QED) is 0.888. The summed E-state index contributed by atoms with van der Waals surface area (Å²) in [6, 6.07) is 7.59. The van der Waals surface area contributed by atoms with Gasteiger partial charge < -0.3 is 9.80 Å². The van der Waals surface area contributed by atoms with Crippen LogP contribution in [0.15, 0.2) is 29.1 Å². The predicted molar refractivity (Wildman–Crippen MR) is 111 cm³/mol. The lowest BCUT2D eigenvalue weighted by molar-refractivity contribution is -0.117. The Kier molecular flexibility index (Phi) is 4.96. The van der Waals surface area contributed by atoms with Crippen LogP contribution in [0.5, 0.6) is 0 Å². The van der Waals surface area contributed by atoms with Crippen molar-refractivity contribution in [2.45, 2.75) is 46.0 Å². The molecule has 1 aromatic carbocycles.